The summed E-state index contributed by atoms with van der Waals surface area (Å²) in [6, 6.07) is 14.3. The Balaban J connectivity index is 0.00000192. The lowest BCUT2D eigenvalue weighted by Gasteiger charge is -2.20. The molecule has 1 aliphatic rings. The fraction of sp³-hybridized carbons (Fsp3) is 0.333. The molecule has 2 aromatic rings. The highest BCUT2D eigenvalue weighted by Crippen LogP contribution is 2.39. The van der Waals surface area contributed by atoms with Crippen molar-refractivity contribution in [1.29, 1.82) is 0 Å². The number of aliphatic hydroxyl groups is 1. The minimum absolute atomic E-state index is 0. The summed E-state index contributed by atoms with van der Waals surface area (Å²) in [5, 5.41) is 20.2. The Bertz CT molecular complexity index is 631. The quantitative estimate of drug-likeness (QED) is 0.758. The monoisotopic (exact) mass is 335 g/mol. The molecular formula is C18H22ClNO3. The van der Waals surface area contributed by atoms with Gasteiger partial charge in [0.25, 0.3) is 0 Å². The molecule has 0 amide bonds. The number of ether oxygens (including phenoxy) is 1. The molecule has 0 radical (unpaired) electrons. The van der Waals surface area contributed by atoms with Gasteiger partial charge >= 0.3 is 0 Å². The molecule has 4 N–H and O–H groups in total. The van der Waals surface area contributed by atoms with Crippen LogP contribution >= 0.6 is 12.4 Å². The number of halogens is 1. The fourth-order valence-corrected chi connectivity index (χ4v) is 2.55. The van der Waals surface area contributed by atoms with E-state index in [0.29, 0.717) is 17.9 Å². The molecule has 0 aliphatic heterocycles. The van der Waals surface area contributed by atoms with Crippen molar-refractivity contribution < 1.29 is 14.9 Å². The van der Waals surface area contributed by atoms with Gasteiger partial charge < -0.3 is 20.7 Å². The number of nitrogens with two attached hydrogens (primary N) is 1. The van der Waals surface area contributed by atoms with Gasteiger partial charge in [0.1, 0.15) is 18.1 Å². The number of hydrogen-bond donors (Lipinski definition) is 3. The third kappa shape index (κ3) is 4.38. The second kappa shape index (κ2) is 7.68. The molecule has 0 saturated heterocycles. The SMILES string of the molecule is Cl.N[C@@H](c1ccc(OCc2ccccc2)cc1O)[C@H](O)C1CC1. The first-order chi connectivity index (χ1) is 10.6. The molecule has 2 atom stereocenters. The zero-order valence-electron chi connectivity index (χ0n) is 12.8. The number of phenols is 1. The summed E-state index contributed by atoms with van der Waals surface area (Å²) in [7, 11) is 0. The second-order valence-electron chi connectivity index (χ2n) is 5.85. The lowest BCUT2D eigenvalue weighted by atomic mass is 9.98. The predicted molar refractivity (Wildman–Crippen MR) is 91.8 cm³/mol. The zero-order chi connectivity index (χ0) is 15.5. The molecule has 2 aromatic carbocycles. The molecule has 0 heterocycles. The van der Waals surface area contributed by atoms with Gasteiger partial charge in [0, 0.05) is 11.6 Å². The Morgan fingerprint density at radius 1 is 1.13 bits per heavy atom. The van der Waals surface area contributed by atoms with E-state index in [1.54, 1.807) is 18.2 Å². The smallest absolute Gasteiger partial charge is 0.124 e. The maximum absolute atomic E-state index is 10.1. The van der Waals surface area contributed by atoms with Gasteiger partial charge in [-0.05, 0) is 36.5 Å². The highest BCUT2D eigenvalue weighted by Gasteiger charge is 2.35. The summed E-state index contributed by atoms with van der Waals surface area (Å²) >= 11 is 0. The number of rotatable bonds is 6. The average Bonchev–Trinajstić information content (AvgIpc) is 3.37. The van der Waals surface area contributed by atoms with Crippen molar-refractivity contribution in [2.24, 2.45) is 11.7 Å². The van der Waals surface area contributed by atoms with Crippen LogP contribution in [0.5, 0.6) is 11.5 Å². The van der Waals surface area contributed by atoms with E-state index in [-0.39, 0.29) is 24.1 Å². The van der Waals surface area contributed by atoms with Gasteiger partial charge in [-0.1, -0.05) is 30.3 Å². The van der Waals surface area contributed by atoms with E-state index in [1.807, 2.05) is 30.3 Å². The van der Waals surface area contributed by atoms with Crippen molar-refractivity contribution in [3.05, 3.63) is 59.7 Å². The first kappa shape index (κ1) is 17.6. The first-order valence-corrected chi connectivity index (χ1v) is 7.58. The van der Waals surface area contributed by atoms with Crippen LogP contribution < -0.4 is 10.5 Å². The lowest BCUT2D eigenvalue weighted by Crippen LogP contribution is -2.27. The van der Waals surface area contributed by atoms with Gasteiger partial charge in [-0.15, -0.1) is 12.4 Å². The van der Waals surface area contributed by atoms with Crippen molar-refractivity contribution in [3.8, 4) is 11.5 Å². The molecule has 3 rings (SSSR count). The fourth-order valence-electron chi connectivity index (χ4n) is 2.55. The van der Waals surface area contributed by atoms with Crippen LogP contribution in [0, 0.1) is 5.92 Å². The molecule has 0 spiro atoms. The standard InChI is InChI=1S/C18H21NO3.ClH/c19-17(18(21)13-6-7-13)15-9-8-14(10-16(15)20)22-11-12-4-2-1-3-5-12;/h1-5,8-10,13,17-18,20-21H,6-7,11,19H2;1H/t17-,18+;/m0./s1. The largest absolute Gasteiger partial charge is 0.507 e. The Morgan fingerprint density at radius 2 is 1.83 bits per heavy atom. The second-order valence-corrected chi connectivity index (χ2v) is 5.85. The Hall–Kier alpha value is -1.75. The van der Waals surface area contributed by atoms with Crippen molar-refractivity contribution in [2.75, 3.05) is 0 Å². The van der Waals surface area contributed by atoms with Gasteiger partial charge in [-0.2, -0.15) is 0 Å². The topological polar surface area (TPSA) is 75.7 Å². The lowest BCUT2D eigenvalue weighted by molar-refractivity contribution is 0.121. The average molecular weight is 336 g/mol. The van der Waals surface area contributed by atoms with Crippen LogP contribution in [0.1, 0.15) is 30.0 Å². The summed E-state index contributed by atoms with van der Waals surface area (Å²) in [5.41, 5.74) is 7.67. The van der Waals surface area contributed by atoms with Crippen LogP contribution in [0.25, 0.3) is 0 Å². The molecule has 23 heavy (non-hydrogen) atoms. The third-order valence-corrected chi connectivity index (χ3v) is 4.08. The van der Waals surface area contributed by atoms with Crippen LogP contribution in [0.15, 0.2) is 48.5 Å². The predicted octanol–water partition coefficient (Wildman–Crippen LogP) is 3.16. The molecule has 1 aliphatic carbocycles. The molecule has 0 unspecified atom stereocenters. The van der Waals surface area contributed by atoms with Gasteiger partial charge in [-0.3, -0.25) is 0 Å². The van der Waals surface area contributed by atoms with E-state index in [9.17, 15) is 10.2 Å². The van der Waals surface area contributed by atoms with Crippen molar-refractivity contribution in [1.82, 2.24) is 0 Å². The van der Waals surface area contributed by atoms with E-state index in [1.165, 1.54) is 0 Å². The van der Waals surface area contributed by atoms with Gasteiger partial charge in [0.2, 0.25) is 0 Å². The van der Waals surface area contributed by atoms with Crippen molar-refractivity contribution in [3.63, 3.8) is 0 Å². The number of benzene rings is 2. The number of aromatic hydroxyl groups is 1. The van der Waals surface area contributed by atoms with E-state index in [4.69, 9.17) is 10.5 Å². The van der Waals surface area contributed by atoms with Crippen LogP contribution in [0.3, 0.4) is 0 Å². The summed E-state index contributed by atoms with van der Waals surface area (Å²) in [6.45, 7) is 0.441. The zero-order valence-corrected chi connectivity index (χ0v) is 13.6. The third-order valence-electron chi connectivity index (χ3n) is 4.08. The van der Waals surface area contributed by atoms with Gasteiger partial charge in [0.15, 0.2) is 0 Å². The number of phenolic OH excluding ortho intramolecular Hbond substituents is 1. The molecule has 1 saturated carbocycles. The molecule has 0 bridgehead atoms. The Kier molecular flexibility index (Phi) is 5.88. The van der Waals surface area contributed by atoms with Crippen molar-refractivity contribution >= 4 is 12.4 Å². The minimum atomic E-state index is -0.595. The molecule has 0 aromatic heterocycles. The molecule has 5 heteroatoms. The van der Waals surface area contributed by atoms with Gasteiger partial charge in [0.05, 0.1) is 12.1 Å². The van der Waals surface area contributed by atoms with Gasteiger partial charge in [-0.25, -0.2) is 0 Å². The summed E-state index contributed by atoms with van der Waals surface area (Å²) in [4.78, 5) is 0. The maximum Gasteiger partial charge on any atom is 0.124 e. The highest BCUT2D eigenvalue weighted by molar-refractivity contribution is 5.85. The first-order valence-electron chi connectivity index (χ1n) is 7.58. The molecule has 1 fully saturated rings. The Labute approximate surface area is 142 Å². The molecule has 124 valence electrons. The normalized spacial score (nSPS) is 16.3. The van der Waals surface area contributed by atoms with E-state index < -0.39 is 12.1 Å². The van der Waals surface area contributed by atoms with Crippen LogP contribution in [0.2, 0.25) is 0 Å². The number of hydrogen-bond acceptors (Lipinski definition) is 4. The van der Waals surface area contributed by atoms with Crippen LogP contribution in [-0.2, 0) is 6.61 Å². The summed E-state index contributed by atoms with van der Waals surface area (Å²) in [6.07, 6.45) is 1.42. The molecular weight excluding hydrogens is 314 g/mol. The minimum Gasteiger partial charge on any atom is -0.507 e. The van der Waals surface area contributed by atoms with E-state index in [2.05, 4.69) is 0 Å². The van der Waals surface area contributed by atoms with Crippen LogP contribution in [-0.4, -0.2) is 16.3 Å². The highest BCUT2D eigenvalue weighted by atomic mass is 35.5. The van der Waals surface area contributed by atoms with E-state index in [0.717, 1.165) is 18.4 Å². The van der Waals surface area contributed by atoms with E-state index >= 15 is 0 Å². The number of aliphatic hydroxyl groups excluding tert-OH is 1. The Morgan fingerprint density at radius 3 is 2.43 bits per heavy atom. The van der Waals surface area contributed by atoms with Crippen LogP contribution in [0.4, 0.5) is 0 Å². The summed E-state index contributed by atoms with van der Waals surface area (Å²) < 4.78 is 5.66. The summed E-state index contributed by atoms with van der Waals surface area (Å²) in [5.74, 6) is 0.916. The molecule has 4 nitrogen and oxygen atoms in total. The van der Waals surface area contributed by atoms with Crippen molar-refractivity contribution in [2.45, 2.75) is 31.6 Å². The maximum atomic E-state index is 10.1.